The standard InChI is InChI=1S/C14H17N3O/c18-10-12-6-7-13-15-16-14(17(13)9-12)8-11-4-2-1-3-5-11/h1-5,12,18H,6-10H2. The van der Waals surface area contributed by atoms with Crippen molar-refractivity contribution in [3.63, 3.8) is 0 Å². The molecule has 1 aliphatic heterocycles. The van der Waals surface area contributed by atoms with E-state index in [2.05, 4.69) is 26.9 Å². The predicted molar refractivity (Wildman–Crippen MR) is 68.2 cm³/mol. The van der Waals surface area contributed by atoms with E-state index in [1.807, 2.05) is 18.2 Å². The molecule has 0 spiro atoms. The molecule has 0 saturated heterocycles. The van der Waals surface area contributed by atoms with E-state index < -0.39 is 0 Å². The second kappa shape index (κ2) is 4.90. The number of aryl methyl sites for hydroxylation is 1. The average molecular weight is 243 g/mol. The second-order valence-corrected chi connectivity index (χ2v) is 4.89. The first-order chi connectivity index (χ1) is 8.86. The highest BCUT2D eigenvalue weighted by Gasteiger charge is 2.22. The Morgan fingerprint density at radius 1 is 1.22 bits per heavy atom. The van der Waals surface area contributed by atoms with Gasteiger partial charge in [-0.25, -0.2) is 0 Å². The van der Waals surface area contributed by atoms with Crippen molar-refractivity contribution in [3.8, 4) is 0 Å². The molecule has 4 nitrogen and oxygen atoms in total. The lowest BCUT2D eigenvalue weighted by Gasteiger charge is -2.22. The number of aliphatic hydroxyl groups is 1. The summed E-state index contributed by atoms with van der Waals surface area (Å²) in [6.45, 7) is 1.10. The van der Waals surface area contributed by atoms with Crippen LogP contribution in [0.25, 0.3) is 0 Å². The van der Waals surface area contributed by atoms with Crippen molar-refractivity contribution in [2.24, 2.45) is 5.92 Å². The molecule has 0 fully saturated rings. The zero-order valence-electron chi connectivity index (χ0n) is 10.3. The highest BCUT2D eigenvalue weighted by atomic mass is 16.3. The topological polar surface area (TPSA) is 50.9 Å². The van der Waals surface area contributed by atoms with E-state index in [1.165, 1.54) is 5.56 Å². The number of hydrogen-bond acceptors (Lipinski definition) is 3. The number of nitrogens with zero attached hydrogens (tertiary/aromatic N) is 3. The van der Waals surface area contributed by atoms with Crippen LogP contribution >= 0.6 is 0 Å². The van der Waals surface area contributed by atoms with Crippen LogP contribution < -0.4 is 0 Å². The molecule has 0 aliphatic carbocycles. The Morgan fingerprint density at radius 2 is 2.06 bits per heavy atom. The van der Waals surface area contributed by atoms with E-state index in [0.717, 1.165) is 37.5 Å². The van der Waals surface area contributed by atoms with Gasteiger partial charge >= 0.3 is 0 Å². The number of fused-ring (bicyclic) bond motifs is 1. The van der Waals surface area contributed by atoms with Crippen LogP contribution in [0.1, 0.15) is 23.6 Å². The SMILES string of the molecule is OCC1CCc2nnc(Cc3ccccc3)n2C1. The van der Waals surface area contributed by atoms with Gasteiger partial charge < -0.3 is 9.67 Å². The molecule has 1 unspecified atom stereocenters. The fraction of sp³-hybridized carbons (Fsp3) is 0.429. The van der Waals surface area contributed by atoms with Crippen LogP contribution in [0.5, 0.6) is 0 Å². The minimum atomic E-state index is 0.252. The summed E-state index contributed by atoms with van der Waals surface area (Å²) in [5, 5.41) is 17.8. The first-order valence-corrected chi connectivity index (χ1v) is 6.42. The normalized spacial score (nSPS) is 18.6. The molecule has 0 amide bonds. The fourth-order valence-electron chi connectivity index (χ4n) is 2.51. The summed E-state index contributed by atoms with van der Waals surface area (Å²) in [4.78, 5) is 0. The summed E-state index contributed by atoms with van der Waals surface area (Å²) in [5.74, 6) is 2.42. The Kier molecular flexibility index (Phi) is 3.11. The highest BCUT2D eigenvalue weighted by molar-refractivity contribution is 5.19. The fourth-order valence-corrected chi connectivity index (χ4v) is 2.51. The lowest BCUT2D eigenvalue weighted by Crippen LogP contribution is -2.24. The van der Waals surface area contributed by atoms with Crippen molar-refractivity contribution in [2.45, 2.75) is 25.8 Å². The third kappa shape index (κ3) is 2.16. The molecule has 1 aromatic carbocycles. The molecule has 1 aromatic heterocycles. The monoisotopic (exact) mass is 243 g/mol. The number of rotatable bonds is 3. The predicted octanol–water partition coefficient (Wildman–Crippen LogP) is 1.42. The minimum Gasteiger partial charge on any atom is -0.396 e. The Morgan fingerprint density at radius 3 is 2.83 bits per heavy atom. The summed E-state index contributed by atoms with van der Waals surface area (Å²) in [5.41, 5.74) is 1.25. The van der Waals surface area contributed by atoms with Gasteiger partial charge in [-0.3, -0.25) is 0 Å². The molecule has 3 rings (SSSR count). The molecule has 1 aliphatic rings. The molecular formula is C14H17N3O. The number of benzene rings is 1. The molecule has 1 N–H and O–H groups in total. The molecule has 94 valence electrons. The molecule has 1 atom stereocenters. The van der Waals surface area contributed by atoms with Crippen molar-refractivity contribution in [3.05, 3.63) is 47.5 Å². The summed E-state index contributed by atoms with van der Waals surface area (Å²) < 4.78 is 2.18. The third-order valence-corrected chi connectivity index (χ3v) is 3.58. The van der Waals surface area contributed by atoms with Crippen molar-refractivity contribution < 1.29 is 5.11 Å². The van der Waals surface area contributed by atoms with Gasteiger partial charge in [-0.05, 0) is 12.0 Å². The Balaban J connectivity index is 1.84. The number of aromatic nitrogens is 3. The Bertz CT molecular complexity index is 521. The zero-order valence-corrected chi connectivity index (χ0v) is 10.3. The maximum Gasteiger partial charge on any atom is 0.137 e. The zero-order chi connectivity index (χ0) is 12.4. The average Bonchev–Trinajstić information content (AvgIpc) is 2.82. The Hall–Kier alpha value is -1.68. The Labute approximate surface area is 106 Å². The van der Waals surface area contributed by atoms with Gasteiger partial charge in [-0.2, -0.15) is 0 Å². The van der Waals surface area contributed by atoms with E-state index in [1.54, 1.807) is 0 Å². The summed E-state index contributed by atoms with van der Waals surface area (Å²) in [7, 11) is 0. The molecule has 4 heteroatoms. The van der Waals surface area contributed by atoms with Gasteiger partial charge in [0, 0.05) is 31.9 Å². The van der Waals surface area contributed by atoms with Gasteiger partial charge in [0.1, 0.15) is 11.6 Å². The van der Waals surface area contributed by atoms with E-state index in [4.69, 9.17) is 0 Å². The molecular weight excluding hydrogens is 226 g/mol. The van der Waals surface area contributed by atoms with E-state index >= 15 is 0 Å². The summed E-state index contributed by atoms with van der Waals surface area (Å²) in [6, 6.07) is 10.3. The van der Waals surface area contributed by atoms with Crippen LogP contribution in [0, 0.1) is 5.92 Å². The molecule has 0 bridgehead atoms. The minimum absolute atomic E-state index is 0.252. The number of hydrogen-bond donors (Lipinski definition) is 1. The van der Waals surface area contributed by atoms with Crippen molar-refractivity contribution in [2.75, 3.05) is 6.61 Å². The van der Waals surface area contributed by atoms with Gasteiger partial charge in [0.2, 0.25) is 0 Å². The quantitative estimate of drug-likeness (QED) is 0.887. The lowest BCUT2D eigenvalue weighted by atomic mass is 10.00. The van der Waals surface area contributed by atoms with Crippen molar-refractivity contribution >= 4 is 0 Å². The van der Waals surface area contributed by atoms with E-state index in [0.29, 0.717) is 5.92 Å². The smallest absolute Gasteiger partial charge is 0.137 e. The molecule has 2 aromatic rings. The van der Waals surface area contributed by atoms with Crippen LogP contribution in [0.3, 0.4) is 0 Å². The van der Waals surface area contributed by atoms with E-state index in [9.17, 15) is 5.11 Å². The van der Waals surface area contributed by atoms with Crippen LogP contribution in [0.4, 0.5) is 0 Å². The van der Waals surface area contributed by atoms with Crippen molar-refractivity contribution in [1.29, 1.82) is 0 Å². The third-order valence-electron chi connectivity index (χ3n) is 3.58. The van der Waals surface area contributed by atoms with Crippen LogP contribution in [0.2, 0.25) is 0 Å². The molecule has 0 saturated carbocycles. The molecule has 2 heterocycles. The van der Waals surface area contributed by atoms with Gasteiger partial charge in [0.25, 0.3) is 0 Å². The van der Waals surface area contributed by atoms with Gasteiger partial charge in [0.15, 0.2) is 0 Å². The molecule has 18 heavy (non-hydrogen) atoms. The summed E-state index contributed by atoms with van der Waals surface area (Å²) >= 11 is 0. The van der Waals surface area contributed by atoms with Crippen molar-refractivity contribution in [1.82, 2.24) is 14.8 Å². The molecule has 0 radical (unpaired) electrons. The van der Waals surface area contributed by atoms with E-state index in [-0.39, 0.29) is 6.61 Å². The number of aliphatic hydroxyl groups excluding tert-OH is 1. The van der Waals surface area contributed by atoms with Gasteiger partial charge in [-0.15, -0.1) is 10.2 Å². The second-order valence-electron chi connectivity index (χ2n) is 4.89. The van der Waals surface area contributed by atoms with Crippen LogP contribution in [-0.2, 0) is 19.4 Å². The highest BCUT2D eigenvalue weighted by Crippen LogP contribution is 2.20. The first kappa shape index (κ1) is 11.4. The van der Waals surface area contributed by atoms with Gasteiger partial charge in [0.05, 0.1) is 0 Å². The maximum absolute atomic E-state index is 9.28. The van der Waals surface area contributed by atoms with Crippen LogP contribution in [0.15, 0.2) is 30.3 Å². The first-order valence-electron chi connectivity index (χ1n) is 6.42. The van der Waals surface area contributed by atoms with Gasteiger partial charge in [-0.1, -0.05) is 30.3 Å². The largest absolute Gasteiger partial charge is 0.396 e. The summed E-state index contributed by atoms with van der Waals surface area (Å²) in [6.07, 6.45) is 2.75. The lowest BCUT2D eigenvalue weighted by molar-refractivity contribution is 0.189. The maximum atomic E-state index is 9.28. The van der Waals surface area contributed by atoms with Crippen LogP contribution in [-0.4, -0.2) is 26.5 Å².